The average molecular weight is 585 g/mol. The molecule has 0 aliphatic rings. The molecule has 210 valence electrons. The Hall–Kier alpha value is -2.29. The minimum atomic E-state index is -3.54. The Labute approximate surface area is 237 Å². The number of sulfonamides is 1. The Morgan fingerprint density at radius 2 is 1.61 bits per heavy atom. The third-order valence-electron chi connectivity index (χ3n) is 6.34. The summed E-state index contributed by atoms with van der Waals surface area (Å²) in [6.45, 7) is 6.82. The molecule has 0 aliphatic carbocycles. The molecule has 1 unspecified atom stereocenters. The standard InChI is InChI=1S/C28H39Cl2N3O4S/c1-5-8-17-31-28(35)26(7-3)32(20-22-13-16-24(29)25(30)19-22)27(34)10-9-18-33(38(4,36)37)23-14-11-21(6-2)12-15-23/h11-16,19,26H,5-10,17-18,20H2,1-4H3,(H,31,35). The van der Waals surface area contributed by atoms with Crippen molar-refractivity contribution in [3.63, 3.8) is 0 Å². The van der Waals surface area contributed by atoms with Crippen LogP contribution in [0.15, 0.2) is 42.5 Å². The van der Waals surface area contributed by atoms with E-state index in [1.807, 2.05) is 32.9 Å². The third kappa shape index (κ3) is 9.47. The molecule has 0 saturated carbocycles. The van der Waals surface area contributed by atoms with Crippen LogP contribution in [0.2, 0.25) is 10.0 Å². The maximum atomic E-state index is 13.5. The van der Waals surface area contributed by atoms with Gasteiger partial charge in [-0.3, -0.25) is 13.9 Å². The van der Waals surface area contributed by atoms with Crippen LogP contribution in [0.25, 0.3) is 0 Å². The minimum absolute atomic E-state index is 0.0825. The number of nitrogens with one attached hydrogen (secondary N) is 1. The van der Waals surface area contributed by atoms with E-state index in [1.54, 1.807) is 35.2 Å². The van der Waals surface area contributed by atoms with Crippen LogP contribution in [0, 0.1) is 0 Å². The van der Waals surface area contributed by atoms with Gasteiger partial charge in [0.25, 0.3) is 0 Å². The fourth-order valence-electron chi connectivity index (χ4n) is 4.16. The van der Waals surface area contributed by atoms with Gasteiger partial charge in [0.15, 0.2) is 0 Å². The van der Waals surface area contributed by atoms with Crippen LogP contribution in [0.5, 0.6) is 0 Å². The predicted octanol–water partition coefficient (Wildman–Crippen LogP) is 5.83. The fraction of sp³-hybridized carbons (Fsp3) is 0.500. The molecule has 2 rings (SSSR count). The van der Waals surface area contributed by atoms with E-state index in [2.05, 4.69) is 5.32 Å². The molecule has 1 atom stereocenters. The van der Waals surface area contributed by atoms with Gasteiger partial charge in [-0.2, -0.15) is 0 Å². The Bertz CT molecular complexity index is 1170. The lowest BCUT2D eigenvalue weighted by molar-refractivity contribution is -0.141. The summed E-state index contributed by atoms with van der Waals surface area (Å²) in [5.41, 5.74) is 2.42. The average Bonchev–Trinajstić information content (AvgIpc) is 2.88. The highest BCUT2D eigenvalue weighted by molar-refractivity contribution is 7.92. The molecule has 0 radical (unpaired) electrons. The molecule has 38 heavy (non-hydrogen) atoms. The molecule has 0 aliphatic heterocycles. The molecule has 0 spiro atoms. The van der Waals surface area contributed by atoms with Gasteiger partial charge in [0.1, 0.15) is 6.04 Å². The first-order valence-electron chi connectivity index (χ1n) is 13.1. The van der Waals surface area contributed by atoms with E-state index in [1.165, 1.54) is 4.31 Å². The second-order valence-corrected chi connectivity index (χ2v) is 12.0. The molecule has 0 fully saturated rings. The maximum Gasteiger partial charge on any atom is 0.242 e. The summed E-state index contributed by atoms with van der Waals surface area (Å²) < 4.78 is 26.4. The summed E-state index contributed by atoms with van der Waals surface area (Å²) in [5, 5.41) is 3.71. The zero-order valence-electron chi connectivity index (χ0n) is 22.7. The summed E-state index contributed by atoms with van der Waals surface area (Å²) in [4.78, 5) is 28.1. The smallest absolute Gasteiger partial charge is 0.242 e. The summed E-state index contributed by atoms with van der Waals surface area (Å²) in [5.74, 6) is -0.438. The molecular weight excluding hydrogens is 545 g/mol. The molecular formula is C28H39Cl2N3O4S. The van der Waals surface area contributed by atoms with Crippen LogP contribution in [-0.4, -0.2) is 50.5 Å². The lowest BCUT2D eigenvalue weighted by atomic mass is 10.1. The van der Waals surface area contributed by atoms with Crippen molar-refractivity contribution in [1.29, 1.82) is 0 Å². The quantitative estimate of drug-likeness (QED) is 0.267. The highest BCUT2D eigenvalue weighted by Crippen LogP contribution is 2.25. The molecule has 2 aromatic rings. The minimum Gasteiger partial charge on any atom is -0.354 e. The van der Waals surface area contributed by atoms with Gasteiger partial charge >= 0.3 is 0 Å². The first-order valence-corrected chi connectivity index (χ1v) is 15.7. The van der Waals surface area contributed by atoms with Crippen LogP contribution in [0.4, 0.5) is 5.69 Å². The van der Waals surface area contributed by atoms with Crippen LogP contribution in [0.1, 0.15) is 64.0 Å². The Morgan fingerprint density at radius 1 is 0.947 bits per heavy atom. The highest BCUT2D eigenvalue weighted by Gasteiger charge is 2.29. The Kier molecular flexibility index (Phi) is 12.9. The van der Waals surface area contributed by atoms with E-state index in [0.717, 1.165) is 36.6 Å². The molecule has 2 aromatic carbocycles. The van der Waals surface area contributed by atoms with Crippen LogP contribution >= 0.6 is 23.2 Å². The number of hydrogen-bond acceptors (Lipinski definition) is 4. The molecule has 0 aromatic heterocycles. The number of benzene rings is 2. The first kappa shape index (κ1) is 31.9. The monoisotopic (exact) mass is 583 g/mol. The largest absolute Gasteiger partial charge is 0.354 e. The number of unbranched alkanes of at least 4 members (excludes halogenated alkanes) is 1. The van der Waals surface area contributed by atoms with E-state index in [9.17, 15) is 18.0 Å². The van der Waals surface area contributed by atoms with E-state index < -0.39 is 16.1 Å². The van der Waals surface area contributed by atoms with Crippen molar-refractivity contribution in [2.24, 2.45) is 0 Å². The second-order valence-electron chi connectivity index (χ2n) is 9.30. The number of carbonyl (C=O) groups excluding carboxylic acids is 2. The number of anilines is 1. The lowest BCUT2D eigenvalue weighted by Gasteiger charge is -2.31. The lowest BCUT2D eigenvalue weighted by Crippen LogP contribution is -2.49. The zero-order chi connectivity index (χ0) is 28.3. The Balaban J connectivity index is 2.22. The number of nitrogens with zero attached hydrogens (tertiary/aromatic N) is 2. The molecule has 1 N–H and O–H groups in total. The molecule has 0 heterocycles. The van der Waals surface area contributed by atoms with Gasteiger partial charge < -0.3 is 10.2 Å². The van der Waals surface area contributed by atoms with Crippen LogP contribution in [0.3, 0.4) is 0 Å². The zero-order valence-corrected chi connectivity index (χ0v) is 25.0. The van der Waals surface area contributed by atoms with Gasteiger partial charge in [-0.05, 0) is 61.1 Å². The number of aryl methyl sites for hydroxylation is 1. The normalized spacial score (nSPS) is 12.2. The molecule has 0 saturated heterocycles. The van der Waals surface area contributed by atoms with E-state index >= 15 is 0 Å². The summed E-state index contributed by atoms with van der Waals surface area (Å²) in [7, 11) is -3.54. The van der Waals surface area contributed by atoms with Gasteiger partial charge in [0, 0.05) is 26.1 Å². The summed E-state index contributed by atoms with van der Waals surface area (Å²) >= 11 is 12.3. The number of halogens is 2. The number of rotatable bonds is 15. The fourth-order valence-corrected chi connectivity index (χ4v) is 5.45. The van der Waals surface area contributed by atoms with Crippen molar-refractivity contribution >= 4 is 50.7 Å². The Morgan fingerprint density at radius 3 is 2.16 bits per heavy atom. The highest BCUT2D eigenvalue weighted by atomic mass is 35.5. The summed E-state index contributed by atoms with van der Waals surface area (Å²) in [6, 6.07) is 11.8. The molecule has 10 heteroatoms. The molecule has 2 amide bonds. The van der Waals surface area contributed by atoms with Crippen molar-refractivity contribution in [2.75, 3.05) is 23.7 Å². The summed E-state index contributed by atoms with van der Waals surface area (Å²) in [6.07, 6.45) is 4.63. The molecule has 0 bridgehead atoms. The van der Waals surface area contributed by atoms with Crippen molar-refractivity contribution in [3.05, 3.63) is 63.6 Å². The topological polar surface area (TPSA) is 86.8 Å². The van der Waals surface area contributed by atoms with Crippen molar-refractivity contribution in [2.45, 2.75) is 71.9 Å². The van der Waals surface area contributed by atoms with E-state index in [4.69, 9.17) is 23.2 Å². The SMILES string of the molecule is CCCCNC(=O)C(CC)N(Cc1ccc(Cl)c(Cl)c1)C(=O)CCCN(c1ccc(CC)cc1)S(C)(=O)=O. The van der Waals surface area contributed by atoms with Crippen LogP contribution in [-0.2, 0) is 32.6 Å². The molecule has 7 nitrogen and oxygen atoms in total. The van der Waals surface area contributed by atoms with Crippen molar-refractivity contribution in [1.82, 2.24) is 10.2 Å². The van der Waals surface area contributed by atoms with Gasteiger partial charge in [-0.25, -0.2) is 8.42 Å². The number of amides is 2. The van der Waals surface area contributed by atoms with Crippen molar-refractivity contribution in [3.8, 4) is 0 Å². The van der Waals surface area contributed by atoms with Gasteiger partial charge in [0.05, 0.1) is 22.0 Å². The van der Waals surface area contributed by atoms with Crippen LogP contribution < -0.4 is 9.62 Å². The van der Waals surface area contributed by atoms with E-state index in [0.29, 0.717) is 35.1 Å². The van der Waals surface area contributed by atoms with Gasteiger partial charge in [-0.15, -0.1) is 0 Å². The van der Waals surface area contributed by atoms with Crippen molar-refractivity contribution < 1.29 is 18.0 Å². The van der Waals surface area contributed by atoms with E-state index in [-0.39, 0.29) is 31.3 Å². The number of carbonyl (C=O) groups is 2. The number of hydrogen-bond donors (Lipinski definition) is 1. The van der Waals surface area contributed by atoms with Gasteiger partial charge in [0.2, 0.25) is 21.8 Å². The maximum absolute atomic E-state index is 13.5. The van der Waals surface area contributed by atoms with Gasteiger partial charge in [-0.1, -0.05) is 68.6 Å². The first-order chi connectivity index (χ1) is 18.0. The second kappa shape index (κ2) is 15.3. The predicted molar refractivity (Wildman–Crippen MR) is 156 cm³/mol. The third-order valence-corrected chi connectivity index (χ3v) is 8.27.